The second-order valence-corrected chi connectivity index (χ2v) is 10.5. The maximum Gasteiger partial charge on any atom is 0.519 e. The molecule has 5 rings (SSSR count). The summed E-state index contributed by atoms with van der Waals surface area (Å²) in [6.07, 6.45) is -2.15. The number of amides is 1. The van der Waals surface area contributed by atoms with Crippen molar-refractivity contribution < 1.29 is 32.2 Å². The molecule has 0 heterocycles. The maximum absolute atomic E-state index is 13.9. The van der Waals surface area contributed by atoms with Crippen LogP contribution in [0.5, 0.6) is 17.2 Å². The minimum Gasteiger partial charge on any atom is -0.409 e. The van der Waals surface area contributed by atoms with Gasteiger partial charge in [0.1, 0.15) is 17.2 Å². The molecule has 5 aromatic rings. The standard InChI is InChI=1S/C30H20ClNO7S/c31-21-15-17-24(18-16-21)40(35,36)32(29(33)37-22-9-3-1-4-10-22)27-19-20-28(26-14-8-7-13-25(26)27)39-30(34)38-23-11-5-2-6-12-23/h1-20H. The van der Waals surface area contributed by atoms with E-state index in [0.717, 1.165) is 0 Å². The molecule has 40 heavy (non-hydrogen) atoms. The highest BCUT2D eigenvalue weighted by molar-refractivity contribution is 7.93. The van der Waals surface area contributed by atoms with Crippen molar-refractivity contribution in [3.63, 3.8) is 0 Å². The molecule has 200 valence electrons. The molecule has 0 aliphatic carbocycles. The van der Waals surface area contributed by atoms with Crippen LogP contribution in [0.1, 0.15) is 0 Å². The number of halogens is 1. The summed E-state index contributed by atoms with van der Waals surface area (Å²) < 4.78 is 44.4. The second-order valence-electron chi connectivity index (χ2n) is 8.30. The lowest BCUT2D eigenvalue weighted by atomic mass is 10.1. The van der Waals surface area contributed by atoms with Gasteiger partial charge in [-0.2, -0.15) is 4.31 Å². The molecule has 5 aromatic carbocycles. The number of para-hydroxylation sites is 2. The van der Waals surface area contributed by atoms with E-state index in [1.807, 2.05) is 0 Å². The minimum absolute atomic E-state index is 0.0183. The highest BCUT2D eigenvalue weighted by Gasteiger charge is 2.34. The van der Waals surface area contributed by atoms with E-state index in [9.17, 15) is 18.0 Å². The third-order valence-electron chi connectivity index (χ3n) is 5.68. The summed E-state index contributed by atoms with van der Waals surface area (Å²) in [7, 11) is -4.49. The number of carbonyl (C=O) groups excluding carboxylic acids is 2. The van der Waals surface area contributed by atoms with E-state index in [1.54, 1.807) is 72.8 Å². The van der Waals surface area contributed by atoms with Crippen LogP contribution in [-0.4, -0.2) is 20.7 Å². The molecule has 0 unspecified atom stereocenters. The summed E-state index contributed by atoms with van der Waals surface area (Å²) in [5, 5.41) is 0.982. The van der Waals surface area contributed by atoms with Crippen LogP contribution in [0.25, 0.3) is 10.8 Å². The van der Waals surface area contributed by atoms with Crippen molar-refractivity contribution in [3.05, 3.63) is 126 Å². The Morgan fingerprint density at radius 2 is 1.15 bits per heavy atom. The lowest BCUT2D eigenvalue weighted by Gasteiger charge is -2.24. The average Bonchev–Trinajstić information content (AvgIpc) is 2.95. The van der Waals surface area contributed by atoms with Crippen molar-refractivity contribution in [2.75, 3.05) is 4.31 Å². The summed E-state index contributed by atoms with van der Waals surface area (Å²) in [5.74, 6) is 0.537. The molecule has 8 nitrogen and oxygen atoms in total. The predicted molar refractivity (Wildman–Crippen MR) is 151 cm³/mol. The molecule has 10 heteroatoms. The Labute approximate surface area is 235 Å². The van der Waals surface area contributed by atoms with Crippen LogP contribution in [0.4, 0.5) is 15.3 Å². The van der Waals surface area contributed by atoms with E-state index in [1.165, 1.54) is 48.5 Å². The summed E-state index contributed by atoms with van der Waals surface area (Å²) in [4.78, 5) is 25.8. The fraction of sp³-hybridized carbons (Fsp3) is 0. The second kappa shape index (κ2) is 11.5. The molecule has 0 bridgehead atoms. The number of hydrogen-bond acceptors (Lipinski definition) is 7. The van der Waals surface area contributed by atoms with E-state index in [2.05, 4.69) is 0 Å². The molecule has 0 N–H and O–H groups in total. The number of benzene rings is 5. The summed E-state index contributed by atoms with van der Waals surface area (Å²) in [6, 6.07) is 31.2. The topological polar surface area (TPSA) is 99.2 Å². The number of hydrogen-bond donors (Lipinski definition) is 0. The van der Waals surface area contributed by atoms with Crippen molar-refractivity contribution in [1.82, 2.24) is 0 Å². The number of nitrogens with zero attached hydrogens (tertiary/aromatic N) is 1. The summed E-state index contributed by atoms with van der Waals surface area (Å²) in [5.41, 5.74) is -0.0183. The first kappa shape index (κ1) is 26.7. The largest absolute Gasteiger partial charge is 0.519 e. The van der Waals surface area contributed by atoms with Gasteiger partial charge in [0.25, 0.3) is 10.0 Å². The summed E-state index contributed by atoms with van der Waals surface area (Å²) in [6.45, 7) is 0. The fourth-order valence-electron chi connectivity index (χ4n) is 3.89. The Kier molecular flexibility index (Phi) is 7.68. The molecular formula is C30H20ClNO7S. The normalized spacial score (nSPS) is 11.0. The van der Waals surface area contributed by atoms with Crippen LogP contribution in [0.15, 0.2) is 126 Å². The third kappa shape index (κ3) is 5.75. The first-order chi connectivity index (χ1) is 19.3. The van der Waals surface area contributed by atoms with Gasteiger partial charge in [0.2, 0.25) is 0 Å². The molecule has 0 radical (unpaired) electrons. The molecule has 0 aliphatic rings. The SMILES string of the molecule is O=C(Oc1ccccc1)Oc1ccc(N(C(=O)Oc2ccccc2)S(=O)(=O)c2ccc(Cl)cc2)c2ccccc12. The van der Waals surface area contributed by atoms with Crippen LogP contribution in [-0.2, 0) is 10.0 Å². The van der Waals surface area contributed by atoms with Crippen molar-refractivity contribution in [1.29, 1.82) is 0 Å². The van der Waals surface area contributed by atoms with Gasteiger partial charge in [0.15, 0.2) is 0 Å². The number of ether oxygens (including phenoxy) is 3. The van der Waals surface area contributed by atoms with Crippen LogP contribution in [0.2, 0.25) is 5.02 Å². The van der Waals surface area contributed by atoms with Crippen molar-refractivity contribution in [3.8, 4) is 17.2 Å². The van der Waals surface area contributed by atoms with E-state index in [-0.39, 0.29) is 27.8 Å². The van der Waals surface area contributed by atoms with Crippen molar-refractivity contribution >= 4 is 50.3 Å². The van der Waals surface area contributed by atoms with Gasteiger partial charge < -0.3 is 14.2 Å². The van der Waals surface area contributed by atoms with Gasteiger partial charge >= 0.3 is 12.2 Å². The zero-order valence-corrected chi connectivity index (χ0v) is 22.2. The Bertz CT molecular complexity index is 1780. The zero-order valence-electron chi connectivity index (χ0n) is 20.6. The molecular weight excluding hydrogens is 554 g/mol. The minimum atomic E-state index is -4.49. The van der Waals surface area contributed by atoms with E-state index >= 15 is 0 Å². The van der Waals surface area contributed by atoms with Gasteiger partial charge in [-0.3, -0.25) is 0 Å². The van der Waals surface area contributed by atoms with E-state index in [4.69, 9.17) is 25.8 Å². The van der Waals surface area contributed by atoms with Crippen LogP contribution in [0.3, 0.4) is 0 Å². The van der Waals surface area contributed by atoms with Gasteiger partial charge in [-0.25, -0.2) is 18.0 Å². The summed E-state index contributed by atoms with van der Waals surface area (Å²) >= 11 is 5.96. The van der Waals surface area contributed by atoms with Crippen molar-refractivity contribution in [2.24, 2.45) is 0 Å². The van der Waals surface area contributed by atoms with Gasteiger partial charge in [-0.05, 0) is 60.7 Å². The van der Waals surface area contributed by atoms with Crippen LogP contribution < -0.4 is 18.5 Å². The third-order valence-corrected chi connectivity index (χ3v) is 7.63. The Morgan fingerprint density at radius 1 is 0.600 bits per heavy atom. The number of rotatable bonds is 6. The Morgan fingerprint density at radius 3 is 1.77 bits per heavy atom. The van der Waals surface area contributed by atoms with Gasteiger partial charge in [-0.1, -0.05) is 72.3 Å². The van der Waals surface area contributed by atoms with Gasteiger partial charge in [-0.15, -0.1) is 0 Å². The zero-order chi connectivity index (χ0) is 28.1. The fourth-order valence-corrected chi connectivity index (χ4v) is 5.35. The molecule has 0 aromatic heterocycles. The Hall–Kier alpha value is -4.86. The number of carbonyl (C=O) groups is 2. The monoisotopic (exact) mass is 573 g/mol. The number of anilines is 1. The number of fused-ring (bicyclic) bond motifs is 1. The van der Waals surface area contributed by atoms with E-state index in [0.29, 0.717) is 20.1 Å². The molecule has 0 aliphatic heterocycles. The number of sulfonamides is 1. The quantitative estimate of drug-likeness (QED) is 0.153. The molecule has 0 saturated carbocycles. The smallest absolute Gasteiger partial charge is 0.409 e. The first-order valence-electron chi connectivity index (χ1n) is 11.9. The van der Waals surface area contributed by atoms with Gasteiger partial charge in [0.05, 0.1) is 10.6 Å². The molecule has 0 saturated heterocycles. The van der Waals surface area contributed by atoms with E-state index < -0.39 is 22.3 Å². The maximum atomic E-state index is 13.9. The van der Waals surface area contributed by atoms with Crippen LogP contribution in [0, 0.1) is 0 Å². The molecule has 0 atom stereocenters. The molecule has 1 amide bonds. The highest BCUT2D eigenvalue weighted by atomic mass is 35.5. The highest BCUT2D eigenvalue weighted by Crippen LogP contribution is 2.37. The van der Waals surface area contributed by atoms with Crippen molar-refractivity contribution in [2.45, 2.75) is 4.90 Å². The van der Waals surface area contributed by atoms with Gasteiger partial charge in [0, 0.05) is 15.8 Å². The first-order valence-corrected chi connectivity index (χ1v) is 13.7. The lowest BCUT2D eigenvalue weighted by molar-refractivity contribution is 0.152. The Balaban J connectivity index is 1.58. The predicted octanol–water partition coefficient (Wildman–Crippen LogP) is 7.47. The molecule has 0 fully saturated rings. The average molecular weight is 574 g/mol. The van der Waals surface area contributed by atoms with Crippen LogP contribution >= 0.6 is 11.6 Å². The lowest BCUT2D eigenvalue weighted by Crippen LogP contribution is -2.39. The molecule has 0 spiro atoms.